The van der Waals surface area contributed by atoms with Crippen LogP contribution in [0, 0.1) is 0 Å². The largest absolute Gasteiger partial charge is 0.375 e. The fourth-order valence-corrected chi connectivity index (χ4v) is 3.22. The molecule has 1 aliphatic carbocycles. The van der Waals surface area contributed by atoms with Crippen LogP contribution in [0.3, 0.4) is 0 Å². The lowest BCUT2D eigenvalue weighted by Gasteiger charge is -2.02. The summed E-state index contributed by atoms with van der Waals surface area (Å²) < 4.78 is 4.78. The van der Waals surface area contributed by atoms with Gasteiger partial charge in [-0.3, -0.25) is 10.1 Å². The van der Waals surface area contributed by atoms with Crippen molar-refractivity contribution in [3.8, 4) is 11.3 Å². The van der Waals surface area contributed by atoms with Gasteiger partial charge in [0.2, 0.25) is 0 Å². The second-order valence-electron chi connectivity index (χ2n) is 4.86. The van der Waals surface area contributed by atoms with Gasteiger partial charge in [0.1, 0.15) is 6.61 Å². The van der Waals surface area contributed by atoms with Crippen LogP contribution in [0.5, 0.6) is 0 Å². The predicted octanol–water partition coefficient (Wildman–Crippen LogP) is 2.88. The topological polar surface area (TPSA) is 51.2 Å². The highest BCUT2D eigenvalue weighted by atomic mass is 32.1. The monoisotopic (exact) mass is 288 g/mol. The van der Waals surface area contributed by atoms with E-state index < -0.39 is 0 Å². The summed E-state index contributed by atoms with van der Waals surface area (Å²) in [4.78, 5) is 15.9. The van der Waals surface area contributed by atoms with E-state index in [4.69, 9.17) is 4.74 Å². The van der Waals surface area contributed by atoms with E-state index in [-0.39, 0.29) is 12.5 Å². The summed E-state index contributed by atoms with van der Waals surface area (Å²) >= 11 is 1.43. The number of methoxy groups -OCH3 is 1. The number of nitrogens with zero attached hydrogens (tertiary/aromatic N) is 1. The molecule has 1 amide bonds. The average molecular weight is 288 g/mol. The van der Waals surface area contributed by atoms with Gasteiger partial charge >= 0.3 is 0 Å². The Morgan fingerprint density at radius 3 is 3.10 bits per heavy atom. The fourth-order valence-electron chi connectivity index (χ4n) is 2.48. The van der Waals surface area contributed by atoms with Gasteiger partial charge in [-0.2, -0.15) is 0 Å². The van der Waals surface area contributed by atoms with Crippen LogP contribution in [0.15, 0.2) is 23.6 Å². The van der Waals surface area contributed by atoms with Gasteiger partial charge in [-0.1, -0.05) is 12.1 Å². The van der Waals surface area contributed by atoms with Crippen molar-refractivity contribution < 1.29 is 9.53 Å². The number of anilines is 1. The number of rotatable bonds is 4. The summed E-state index contributed by atoms with van der Waals surface area (Å²) in [6.45, 7) is 0.0494. The SMILES string of the molecule is COCC(=O)Nc1nc(-c2ccc3c(c2)CCC3)cs1. The number of fused-ring (bicyclic) bond motifs is 1. The zero-order valence-electron chi connectivity index (χ0n) is 11.3. The number of carbonyl (C=O) groups is 1. The number of aryl methyl sites for hydroxylation is 2. The van der Waals surface area contributed by atoms with Crippen LogP contribution in [0.4, 0.5) is 5.13 Å². The molecule has 3 rings (SSSR count). The molecular formula is C15H16N2O2S. The highest BCUT2D eigenvalue weighted by Crippen LogP contribution is 2.29. The van der Waals surface area contributed by atoms with Crippen molar-refractivity contribution in [3.63, 3.8) is 0 Å². The molecule has 5 heteroatoms. The number of amides is 1. The van der Waals surface area contributed by atoms with Crippen molar-refractivity contribution in [2.75, 3.05) is 19.0 Å². The lowest BCUT2D eigenvalue weighted by atomic mass is 10.1. The van der Waals surface area contributed by atoms with Crippen LogP contribution < -0.4 is 5.32 Å². The maximum Gasteiger partial charge on any atom is 0.252 e. The number of carbonyl (C=O) groups excluding carboxylic acids is 1. The number of hydrogen-bond acceptors (Lipinski definition) is 4. The smallest absolute Gasteiger partial charge is 0.252 e. The second-order valence-corrected chi connectivity index (χ2v) is 5.71. The summed E-state index contributed by atoms with van der Waals surface area (Å²) in [7, 11) is 1.50. The van der Waals surface area contributed by atoms with Crippen molar-refractivity contribution in [2.45, 2.75) is 19.3 Å². The quantitative estimate of drug-likeness (QED) is 0.941. The van der Waals surface area contributed by atoms with E-state index in [9.17, 15) is 4.79 Å². The molecule has 0 unspecified atom stereocenters. The first-order valence-electron chi connectivity index (χ1n) is 6.63. The Morgan fingerprint density at radius 2 is 2.25 bits per heavy atom. The third kappa shape index (κ3) is 2.73. The van der Waals surface area contributed by atoms with Crippen molar-refractivity contribution in [1.29, 1.82) is 0 Å². The van der Waals surface area contributed by atoms with E-state index >= 15 is 0 Å². The number of aromatic nitrogens is 1. The molecule has 0 radical (unpaired) electrons. The van der Waals surface area contributed by atoms with E-state index in [1.807, 2.05) is 5.38 Å². The molecule has 20 heavy (non-hydrogen) atoms. The molecule has 4 nitrogen and oxygen atoms in total. The minimum absolute atomic E-state index is 0.0494. The van der Waals surface area contributed by atoms with E-state index in [1.54, 1.807) is 0 Å². The van der Waals surface area contributed by atoms with Crippen LogP contribution in [-0.4, -0.2) is 24.6 Å². The molecule has 1 heterocycles. The molecule has 0 atom stereocenters. The molecule has 0 bridgehead atoms. The summed E-state index contributed by atoms with van der Waals surface area (Å²) in [5.41, 5.74) is 4.92. The molecular weight excluding hydrogens is 272 g/mol. The highest BCUT2D eigenvalue weighted by Gasteiger charge is 2.13. The summed E-state index contributed by atoms with van der Waals surface area (Å²) in [6, 6.07) is 6.53. The zero-order valence-corrected chi connectivity index (χ0v) is 12.1. The minimum atomic E-state index is -0.178. The summed E-state index contributed by atoms with van der Waals surface area (Å²) in [5.74, 6) is -0.178. The molecule has 0 fully saturated rings. The molecule has 1 aliphatic rings. The molecule has 0 spiro atoms. The van der Waals surface area contributed by atoms with Gasteiger partial charge in [-0.25, -0.2) is 4.98 Å². The van der Waals surface area contributed by atoms with E-state index in [0.29, 0.717) is 5.13 Å². The maximum atomic E-state index is 11.4. The van der Waals surface area contributed by atoms with Crippen molar-refractivity contribution >= 4 is 22.4 Å². The number of hydrogen-bond donors (Lipinski definition) is 1. The molecule has 0 saturated heterocycles. The van der Waals surface area contributed by atoms with E-state index in [0.717, 1.165) is 17.7 Å². The zero-order chi connectivity index (χ0) is 13.9. The van der Waals surface area contributed by atoms with Crippen molar-refractivity contribution in [3.05, 3.63) is 34.7 Å². The first kappa shape index (κ1) is 13.3. The Labute approximate surface area is 121 Å². The van der Waals surface area contributed by atoms with Gasteiger partial charge in [-0.15, -0.1) is 11.3 Å². The first-order chi connectivity index (χ1) is 9.76. The van der Waals surface area contributed by atoms with Gasteiger partial charge in [0, 0.05) is 18.1 Å². The van der Waals surface area contributed by atoms with Crippen molar-refractivity contribution in [1.82, 2.24) is 4.98 Å². The summed E-state index contributed by atoms with van der Waals surface area (Å²) in [6.07, 6.45) is 3.59. The highest BCUT2D eigenvalue weighted by molar-refractivity contribution is 7.14. The Kier molecular flexibility index (Phi) is 3.80. The van der Waals surface area contributed by atoms with Crippen LogP contribution in [0.2, 0.25) is 0 Å². The second kappa shape index (κ2) is 5.73. The fraction of sp³-hybridized carbons (Fsp3) is 0.333. The Balaban J connectivity index is 1.78. The molecule has 1 aromatic carbocycles. The first-order valence-corrected chi connectivity index (χ1v) is 7.51. The molecule has 0 aliphatic heterocycles. The van der Waals surface area contributed by atoms with Crippen LogP contribution >= 0.6 is 11.3 Å². The number of ether oxygens (including phenoxy) is 1. The molecule has 104 valence electrons. The number of thiazole rings is 1. The molecule has 1 aromatic heterocycles. The van der Waals surface area contributed by atoms with E-state index in [1.165, 1.54) is 42.4 Å². The minimum Gasteiger partial charge on any atom is -0.375 e. The summed E-state index contributed by atoms with van der Waals surface area (Å²) in [5, 5.41) is 5.31. The Bertz CT molecular complexity index is 637. The third-order valence-corrected chi connectivity index (χ3v) is 4.18. The van der Waals surface area contributed by atoms with Crippen molar-refractivity contribution in [2.24, 2.45) is 0 Å². The van der Waals surface area contributed by atoms with Gasteiger partial charge in [-0.05, 0) is 36.5 Å². The van der Waals surface area contributed by atoms with Gasteiger partial charge in [0.05, 0.1) is 5.69 Å². The molecule has 1 N–H and O–H groups in total. The molecule has 2 aromatic rings. The van der Waals surface area contributed by atoms with Gasteiger partial charge in [0.15, 0.2) is 5.13 Å². The van der Waals surface area contributed by atoms with Gasteiger partial charge in [0.25, 0.3) is 5.91 Å². The third-order valence-electron chi connectivity index (χ3n) is 3.42. The lowest BCUT2D eigenvalue weighted by molar-refractivity contribution is -0.119. The normalized spacial score (nSPS) is 13.2. The Morgan fingerprint density at radius 1 is 1.40 bits per heavy atom. The predicted molar refractivity (Wildman–Crippen MR) is 80.1 cm³/mol. The van der Waals surface area contributed by atoms with Crippen LogP contribution in [-0.2, 0) is 22.4 Å². The van der Waals surface area contributed by atoms with Crippen LogP contribution in [0.1, 0.15) is 17.5 Å². The standard InChI is InChI=1S/C15H16N2O2S/c1-19-8-14(18)17-15-16-13(9-20-15)12-6-5-10-3-2-4-11(10)7-12/h5-7,9H,2-4,8H2,1H3,(H,16,17,18). The maximum absolute atomic E-state index is 11.4. The number of nitrogens with one attached hydrogen (secondary N) is 1. The van der Waals surface area contributed by atoms with Gasteiger partial charge < -0.3 is 4.74 Å². The number of benzene rings is 1. The van der Waals surface area contributed by atoms with Crippen LogP contribution in [0.25, 0.3) is 11.3 Å². The van der Waals surface area contributed by atoms with E-state index in [2.05, 4.69) is 28.5 Å². The Hall–Kier alpha value is -1.72. The molecule has 0 saturated carbocycles. The average Bonchev–Trinajstić information content (AvgIpc) is 3.06. The lowest BCUT2D eigenvalue weighted by Crippen LogP contribution is -2.16.